The Morgan fingerprint density at radius 2 is 1.71 bits per heavy atom. The first-order valence-corrected chi connectivity index (χ1v) is 8.21. The summed E-state index contributed by atoms with van der Waals surface area (Å²) in [4.78, 5) is 12.1. The summed E-state index contributed by atoms with van der Waals surface area (Å²) < 4.78 is 43.4. The van der Waals surface area contributed by atoms with Crippen LogP contribution in [0, 0.1) is 6.92 Å². The first-order chi connectivity index (χ1) is 13.2. The van der Waals surface area contributed by atoms with Gasteiger partial charge in [-0.25, -0.2) is 0 Å². The second-order valence-corrected chi connectivity index (χ2v) is 6.05. The molecule has 0 unspecified atom stereocenters. The molecule has 0 radical (unpaired) electrons. The Kier molecular flexibility index (Phi) is 5.21. The zero-order valence-electron chi connectivity index (χ0n) is 14.8. The first kappa shape index (κ1) is 19.2. The number of hydrogen-bond acceptors (Lipinski definition) is 4. The molecule has 28 heavy (non-hydrogen) atoms. The number of hydrogen-bond donors (Lipinski definition) is 2. The zero-order valence-corrected chi connectivity index (χ0v) is 14.8. The topological polar surface area (TPSA) is 67.2 Å². The van der Waals surface area contributed by atoms with E-state index in [2.05, 4.69) is 22.4 Å². The summed E-state index contributed by atoms with van der Waals surface area (Å²) in [6, 6.07) is 13.1. The van der Waals surface area contributed by atoms with Crippen LogP contribution in [0.4, 0.5) is 24.5 Å². The summed E-state index contributed by atoms with van der Waals surface area (Å²) in [6.45, 7) is 5.56. The second kappa shape index (κ2) is 7.59. The van der Waals surface area contributed by atoms with E-state index in [1.54, 1.807) is 31.2 Å². The molecule has 0 atom stereocenters. The van der Waals surface area contributed by atoms with E-state index in [0.29, 0.717) is 22.6 Å². The number of anilines is 2. The van der Waals surface area contributed by atoms with Crippen molar-refractivity contribution in [2.75, 3.05) is 10.6 Å². The smallest absolute Gasteiger partial charge is 0.356 e. The average Bonchev–Trinajstić information content (AvgIpc) is 3.08. The summed E-state index contributed by atoms with van der Waals surface area (Å²) in [5.74, 6) is -0.391. The molecule has 0 fully saturated rings. The minimum Gasteiger partial charge on any atom is -0.356 e. The van der Waals surface area contributed by atoms with Crippen LogP contribution < -0.4 is 10.6 Å². The monoisotopic (exact) mass is 387 g/mol. The van der Waals surface area contributed by atoms with Crippen molar-refractivity contribution in [2.24, 2.45) is 0 Å². The highest BCUT2D eigenvalue weighted by Crippen LogP contribution is 2.31. The summed E-state index contributed by atoms with van der Waals surface area (Å²) in [5, 5.41) is 9.18. The molecule has 8 heteroatoms. The molecule has 1 heterocycles. The summed E-state index contributed by atoms with van der Waals surface area (Å²) in [7, 11) is 0. The van der Waals surface area contributed by atoms with Gasteiger partial charge in [-0.3, -0.25) is 4.79 Å². The van der Waals surface area contributed by atoms with E-state index in [9.17, 15) is 18.0 Å². The number of halogens is 3. The lowest BCUT2D eigenvalue weighted by Gasteiger charge is -2.13. The van der Waals surface area contributed by atoms with Crippen LogP contribution in [0.1, 0.15) is 27.4 Å². The van der Waals surface area contributed by atoms with Gasteiger partial charge in [-0.2, -0.15) is 13.2 Å². The Hall–Kier alpha value is -3.55. The van der Waals surface area contributed by atoms with Gasteiger partial charge in [0.2, 0.25) is 5.76 Å². The Labute approximate surface area is 158 Å². The predicted molar refractivity (Wildman–Crippen MR) is 99.7 cm³/mol. The maximum absolute atomic E-state index is 12.8. The summed E-state index contributed by atoms with van der Waals surface area (Å²) in [6.07, 6.45) is -4.43. The van der Waals surface area contributed by atoms with E-state index < -0.39 is 17.6 Å². The predicted octanol–water partition coefficient (Wildman–Crippen LogP) is 5.34. The molecule has 1 aromatic heterocycles. The number of alkyl halides is 3. The quantitative estimate of drug-likeness (QED) is 0.620. The van der Waals surface area contributed by atoms with Crippen LogP contribution in [0.5, 0.6) is 0 Å². The third-order valence-electron chi connectivity index (χ3n) is 3.81. The van der Waals surface area contributed by atoms with Crippen LogP contribution >= 0.6 is 0 Å². The van der Waals surface area contributed by atoms with Crippen LogP contribution in [0.25, 0.3) is 5.70 Å². The molecule has 0 saturated heterocycles. The van der Waals surface area contributed by atoms with Crippen molar-refractivity contribution in [1.82, 2.24) is 5.16 Å². The van der Waals surface area contributed by atoms with Gasteiger partial charge in [0.25, 0.3) is 5.91 Å². The number of carbonyl (C=O) groups excluding carboxylic acids is 1. The Bertz CT molecular complexity index is 1030. The van der Waals surface area contributed by atoms with Crippen molar-refractivity contribution < 1.29 is 22.5 Å². The van der Waals surface area contributed by atoms with Gasteiger partial charge in [-0.15, -0.1) is 0 Å². The van der Waals surface area contributed by atoms with E-state index in [1.165, 1.54) is 18.2 Å². The van der Waals surface area contributed by atoms with E-state index >= 15 is 0 Å². The van der Waals surface area contributed by atoms with E-state index in [1.807, 2.05) is 0 Å². The van der Waals surface area contributed by atoms with E-state index in [0.717, 1.165) is 12.1 Å². The number of aryl methyl sites for hydroxylation is 1. The van der Waals surface area contributed by atoms with E-state index in [4.69, 9.17) is 4.52 Å². The molecule has 0 aliphatic heterocycles. The van der Waals surface area contributed by atoms with Gasteiger partial charge in [-0.1, -0.05) is 29.9 Å². The number of carbonyl (C=O) groups is 1. The molecular formula is C20H16F3N3O2. The van der Waals surface area contributed by atoms with Gasteiger partial charge < -0.3 is 15.2 Å². The highest BCUT2D eigenvalue weighted by molar-refractivity contribution is 6.02. The van der Waals surface area contributed by atoms with Gasteiger partial charge in [0.1, 0.15) is 0 Å². The third-order valence-corrected chi connectivity index (χ3v) is 3.81. The lowest BCUT2D eigenvalue weighted by molar-refractivity contribution is -0.137. The molecule has 2 N–H and O–H groups in total. The van der Waals surface area contributed by atoms with Crippen molar-refractivity contribution in [2.45, 2.75) is 13.1 Å². The molecule has 3 rings (SSSR count). The van der Waals surface area contributed by atoms with E-state index in [-0.39, 0.29) is 11.4 Å². The van der Waals surface area contributed by atoms with Crippen molar-refractivity contribution in [3.05, 3.63) is 83.8 Å². The number of nitrogens with zero attached hydrogens (tertiary/aromatic N) is 1. The van der Waals surface area contributed by atoms with Crippen molar-refractivity contribution in [3.8, 4) is 0 Å². The molecule has 5 nitrogen and oxygen atoms in total. The molecule has 0 aliphatic carbocycles. The Morgan fingerprint density at radius 3 is 2.36 bits per heavy atom. The minimum absolute atomic E-state index is 0.0730. The van der Waals surface area contributed by atoms with Crippen LogP contribution in [0.2, 0.25) is 0 Å². The molecule has 2 aromatic carbocycles. The lowest BCUT2D eigenvalue weighted by Crippen LogP contribution is -2.11. The number of aromatic nitrogens is 1. The maximum atomic E-state index is 12.8. The number of benzene rings is 2. The van der Waals surface area contributed by atoms with Crippen molar-refractivity contribution >= 4 is 23.0 Å². The van der Waals surface area contributed by atoms with Crippen LogP contribution in [-0.2, 0) is 6.18 Å². The highest BCUT2D eigenvalue weighted by atomic mass is 19.4. The molecule has 0 bridgehead atoms. The summed E-state index contributed by atoms with van der Waals surface area (Å²) >= 11 is 0. The Morgan fingerprint density at radius 1 is 1.04 bits per heavy atom. The van der Waals surface area contributed by atoms with Gasteiger partial charge in [0, 0.05) is 23.1 Å². The standard InChI is InChI=1S/C20H16F3N3O2/c1-12-9-18(28-26-12)19(27)25-16-7-3-5-14(10-16)13(2)24-17-8-4-6-15(11-17)20(21,22)23/h3-11,24H,2H2,1H3,(H,25,27). The fourth-order valence-electron chi connectivity index (χ4n) is 2.47. The molecule has 1 amide bonds. The SMILES string of the molecule is C=C(Nc1cccc(C(F)(F)F)c1)c1cccc(NC(=O)c2cc(C)no2)c1. The molecule has 0 aliphatic rings. The normalized spacial score (nSPS) is 11.1. The molecular weight excluding hydrogens is 371 g/mol. The zero-order chi connectivity index (χ0) is 20.3. The molecule has 3 aromatic rings. The third kappa shape index (κ3) is 4.59. The Balaban J connectivity index is 1.73. The van der Waals surface area contributed by atoms with Crippen LogP contribution in [0.3, 0.4) is 0 Å². The lowest BCUT2D eigenvalue weighted by atomic mass is 10.1. The number of nitrogens with one attached hydrogen (secondary N) is 2. The van der Waals surface area contributed by atoms with Crippen molar-refractivity contribution in [3.63, 3.8) is 0 Å². The van der Waals surface area contributed by atoms with Gasteiger partial charge in [0.05, 0.1) is 11.3 Å². The molecule has 0 spiro atoms. The first-order valence-electron chi connectivity index (χ1n) is 8.21. The number of amides is 1. The van der Waals surface area contributed by atoms with Crippen molar-refractivity contribution in [1.29, 1.82) is 0 Å². The highest BCUT2D eigenvalue weighted by Gasteiger charge is 2.30. The second-order valence-electron chi connectivity index (χ2n) is 6.05. The van der Waals surface area contributed by atoms with Crippen LogP contribution in [0.15, 0.2) is 65.7 Å². The maximum Gasteiger partial charge on any atom is 0.416 e. The number of rotatable bonds is 5. The summed E-state index contributed by atoms with van der Waals surface area (Å²) in [5.41, 5.74) is 1.54. The fraction of sp³-hybridized carbons (Fsp3) is 0.100. The molecule has 144 valence electrons. The van der Waals surface area contributed by atoms with Gasteiger partial charge >= 0.3 is 6.18 Å². The largest absolute Gasteiger partial charge is 0.416 e. The minimum atomic E-state index is -4.43. The molecule has 0 saturated carbocycles. The van der Waals surface area contributed by atoms with Gasteiger partial charge in [-0.05, 0) is 42.8 Å². The fourth-order valence-corrected chi connectivity index (χ4v) is 2.47. The average molecular weight is 387 g/mol. The van der Waals surface area contributed by atoms with Crippen LogP contribution in [-0.4, -0.2) is 11.1 Å². The van der Waals surface area contributed by atoms with Gasteiger partial charge in [0.15, 0.2) is 0 Å².